The summed E-state index contributed by atoms with van der Waals surface area (Å²) in [6, 6.07) is 6.43. The molecule has 0 radical (unpaired) electrons. The maximum absolute atomic E-state index is 4.18. The normalized spacial score (nSPS) is 12.9. The minimum Gasteiger partial charge on any atom is -0.307 e. The van der Waals surface area contributed by atoms with E-state index in [2.05, 4.69) is 73.7 Å². The summed E-state index contributed by atoms with van der Waals surface area (Å²) >= 11 is 0. The fourth-order valence-corrected chi connectivity index (χ4v) is 2.09. The van der Waals surface area contributed by atoms with Gasteiger partial charge in [-0.3, -0.25) is 0 Å². The van der Waals surface area contributed by atoms with Crippen molar-refractivity contribution >= 4 is 0 Å². The molecule has 20 heavy (non-hydrogen) atoms. The Balaban J connectivity index is 2.30. The predicted molar refractivity (Wildman–Crippen MR) is 79.9 cm³/mol. The summed E-state index contributed by atoms with van der Waals surface area (Å²) < 4.78 is 1.83. The molecule has 0 fully saturated rings. The molecular weight excluding hydrogens is 250 g/mol. The van der Waals surface area contributed by atoms with E-state index in [1.165, 1.54) is 11.1 Å². The van der Waals surface area contributed by atoms with Crippen LogP contribution in [0, 0.1) is 19.8 Å². The number of aryl methyl sites for hydroxylation is 2. The second-order valence-corrected chi connectivity index (χ2v) is 5.76. The van der Waals surface area contributed by atoms with E-state index in [0.29, 0.717) is 5.92 Å². The van der Waals surface area contributed by atoms with Gasteiger partial charge in [-0.2, -0.15) is 4.68 Å². The Morgan fingerprint density at radius 2 is 1.95 bits per heavy atom. The largest absolute Gasteiger partial charge is 0.307 e. The van der Waals surface area contributed by atoms with E-state index in [4.69, 9.17) is 0 Å². The van der Waals surface area contributed by atoms with E-state index in [0.717, 1.165) is 18.1 Å². The van der Waals surface area contributed by atoms with Crippen LogP contribution in [-0.4, -0.2) is 26.8 Å². The molecule has 0 aliphatic carbocycles. The van der Waals surface area contributed by atoms with Crippen LogP contribution < -0.4 is 5.32 Å². The number of tetrazole rings is 1. The molecule has 0 amide bonds. The number of hydrogen-bond acceptors (Lipinski definition) is 4. The van der Waals surface area contributed by atoms with Gasteiger partial charge in [-0.05, 0) is 60.9 Å². The van der Waals surface area contributed by atoms with Crippen LogP contribution in [0.2, 0.25) is 0 Å². The molecule has 1 heterocycles. The highest BCUT2D eigenvalue weighted by atomic mass is 15.5. The van der Waals surface area contributed by atoms with E-state index >= 15 is 0 Å². The molecule has 1 aromatic heterocycles. The fourth-order valence-electron chi connectivity index (χ4n) is 2.09. The van der Waals surface area contributed by atoms with Crippen molar-refractivity contribution in [3.63, 3.8) is 0 Å². The molecular formula is C15H23N5. The highest BCUT2D eigenvalue weighted by molar-refractivity contribution is 5.42. The van der Waals surface area contributed by atoms with Crippen molar-refractivity contribution in [3.05, 3.63) is 35.2 Å². The number of nitrogens with one attached hydrogen (secondary N) is 1. The second kappa shape index (κ2) is 6.13. The second-order valence-electron chi connectivity index (χ2n) is 5.76. The van der Waals surface area contributed by atoms with Crippen LogP contribution in [0.25, 0.3) is 5.69 Å². The van der Waals surface area contributed by atoms with E-state index in [1.807, 2.05) is 4.68 Å². The summed E-state index contributed by atoms with van der Waals surface area (Å²) in [4.78, 5) is 0. The van der Waals surface area contributed by atoms with Crippen molar-refractivity contribution in [1.29, 1.82) is 0 Å². The molecule has 5 heteroatoms. The first-order valence-corrected chi connectivity index (χ1v) is 7.08. The van der Waals surface area contributed by atoms with Gasteiger partial charge in [0.25, 0.3) is 0 Å². The SMILES string of the molecule is Cc1ccc(C)c(-n2nnnc2C(C)NCC(C)C)c1. The monoisotopic (exact) mass is 273 g/mol. The minimum absolute atomic E-state index is 0.118. The molecule has 0 aliphatic rings. The first-order chi connectivity index (χ1) is 9.49. The fraction of sp³-hybridized carbons (Fsp3) is 0.533. The van der Waals surface area contributed by atoms with E-state index in [1.54, 1.807) is 0 Å². The van der Waals surface area contributed by atoms with E-state index in [-0.39, 0.29) is 6.04 Å². The average Bonchev–Trinajstić information content (AvgIpc) is 2.88. The maximum Gasteiger partial charge on any atom is 0.173 e. The van der Waals surface area contributed by atoms with Crippen molar-refractivity contribution < 1.29 is 0 Å². The summed E-state index contributed by atoms with van der Waals surface area (Å²) in [6.45, 7) is 11.6. The molecule has 5 nitrogen and oxygen atoms in total. The van der Waals surface area contributed by atoms with Gasteiger partial charge in [0.15, 0.2) is 5.82 Å². The molecule has 0 aliphatic heterocycles. The molecule has 2 rings (SSSR count). The van der Waals surface area contributed by atoms with Crippen LogP contribution in [0.5, 0.6) is 0 Å². The third kappa shape index (κ3) is 3.22. The Bertz CT molecular complexity index is 573. The molecule has 1 atom stereocenters. The summed E-state index contributed by atoms with van der Waals surface area (Å²) in [5, 5.41) is 15.6. The topological polar surface area (TPSA) is 55.6 Å². The summed E-state index contributed by atoms with van der Waals surface area (Å²) in [6.07, 6.45) is 0. The van der Waals surface area contributed by atoms with Crippen molar-refractivity contribution in [2.75, 3.05) is 6.54 Å². The van der Waals surface area contributed by atoms with Crippen molar-refractivity contribution in [3.8, 4) is 5.69 Å². The van der Waals surface area contributed by atoms with Crippen LogP contribution in [0.15, 0.2) is 18.2 Å². The Hall–Kier alpha value is -1.75. The molecule has 0 saturated carbocycles. The van der Waals surface area contributed by atoms with Crippen molar-refractivity contribution in [1.82, 2.24) is 25.5 Å². The lowest BCUT2D eigenvalue weighted by Gasteiger charge is -2.16. The van der Waals surface area contributed by atoms with Crippen molar-refractivity contribution in [2.45, 2.75) is 40.7 Å². The van der Waals surface area contributed by atoms with Gasteiger partial charge in [0.1, 0.15) is 0 Å². The van der Waals surface area contributed by atoms with Crippen molar-refractivity contribution in [2.24, 2.45) is 5.92 Å². The number of hydrogen-bond donors (Lipinski definition) is 1. The third-order valence-corrected chi connectivity index (χ3v) is 3.31. The Morgan fingerprint density at radius 3 is 2.65 bits per heavy atom. The molecule has 1 aromatic carbocycles. The predicted octanol–water partition coefficient (Wildman–Crippen LogP) is 2.59. The van der Waals surface area contributed by atoms with Gasteiger partial charge in [0.05, 0.1) is 11.7 Å². The molecule has 0 spiro atoms. The van der Waals surface area contributed by atoms with Crippen LogP contribution in [0.3, 0.4) is 0 Å². The number of rotatable bonds is 5. The van der Waals surface area contributed by atoms with Crippen LogP contribution in [-0.2, 0) is 0 Å². The van der Waals surface area contributed by atoms with E-state index < -0.39 is 0 Å². The lowest BCUT2D eigenvalue weighted by Crippen LogP contribution is -2.26. The summed E-state index contributed by atoms with van der Waals surface area (Å²) in [7, 11) is 0. The molecule has 1 unspecified atom stereocenters. The molecule has 0 saturated heterocycles. The highest BCUT2D eigenvalue weighted by Gasteiger charge is 2.16. The standard InChI is InChI=1S/C15H23N5/c1-10(2)9-16-13(5)15-17-18-19-20(15)14-8-11(3)6-7-12(14)4/h6-8,10,13,16H,9H2,1-5H3. The maximum atomic E-state index is 4.18. The number of nitrogens with zero attached hydrogens (tertiary/aromatic N) is 4. The van der Waals surface area contributed by atoms with Gasteiger partial charge in [-0.15, -0.1) is 5.10 Å². The lowest BCUT2D eigenvalue weighted by molar-refractivity contribution is 0.474. The lowest BCUT2D eigenvalue weighted by atomic mass is 10.1. The van der Waals surface area contributed by atoms with Gasteiger partial charge in [0, 0.05) is 0 Å². The molecule has 1 N–H and O–H groups in total. The number of benzene rings is 1. The Labute approximate surface area is 120 Å². The quantitative estimate of drug-likeness (QED) is 0.909. The van der Waals surface area contributed by atoms with Gasteiger partial charge in [-0.1, -0.05) is 26.0 Å². The third-order valence-electron chi connectivity index (χ3n) is 3.31. The Kier molecular flexibility index (Phi) is 4.49. The molecule has 0 bridgehead atoms. The highest BCUT2D eigenvalue weighted by Crippen LogP contribution is 2.19. The zero-order chi connectivity index (χ0) is 14.7. The summed E-state index contributed by atoms with van der Waals surface area (Å²) in [5.41, 5.74) is 3.42. The first kappa shape index (κ1) is 14.7. The van der Waals surface area contributed by atoms with Crippen LogP contribution >= 0.6 is 0 Å². The molecule has 108 valence electrons. The van der Waals surface area contributed by atoms with Gasteiger partial charge >= 0.3 is 0 Å². The number of aromatic nitrogens is 4. The smallest absolute Gasteiger partial charge is 0.173 e. The minimum atomic E-state index is 0.118. The average molecular weight is 273 g/mol. The van der Waals surface area contributed by atoms with E-state index in [9.17, 15) is 0 Å². The Morgan fingerprint density at radius 1 is 1.20 bits per heavy atom. The van der Waals surface area contributed by atoms with Gasteiger partial charge in [0.2, 0.25) is 0 Å². The van der Waals surface area contributed by atoms with Crippen LogP contribution in [0.4, 0.5) is 0 Å². The zero-order valence-corrected chi connectivity index (χ0v) is 12.9. The van der Waals surface area contributed by atoms with Gasteiger partial charge in [-0.25, -0.2) is 0 Å². The molecule has 2 aromatic rings. The van der Waals surface area contributed by atoms with Gasteiger partial charge < -0.3 is 5.32 Å². The summed E-state index contributed by atoms with van der Waals surface area (Å²) in [5.74, 6) is 1.45. The van der Waals surface area contributed by atoms with Crippen LogP contribution in [0.1, 0.15) is 43.8 Å². The zero-order valence-electron chi connectivity index (χ0n) is 12.9. The first-order valence-electron chi connectivity index (χ1n) is 7.08.